The summed E-state index contributed by atoms with van der Waals surface area (Å²) >= 11 is 5.69. The third kappa shape index (κ3) is 11.0. The van der Waals surface area contributed by atoms with Crippen molar-refractivity contribution in [3.05, 3.63) is 134 Å². The molecule has 1 unspecified atom stereocenters. The summed E-state index contributed by atoms with van der Waals surface area (Å²) in [5.74, 6) is 1.17. The number of allylic oxidation sites excluding steroid dienone is 4. The smallest absolute Gasteiger partial charge is 0.0338 e. The van der Waals surface area contributed by atoms with Gasteiger partial charge in [0, 0.05) is 18.6 Å². The zero-order valence-corrected chi connectivity index (χ0v) is 23.8. The van der Waals surface area contributed by atoms with E-state index in [1.165, 1.54) is 27.8 Å². The Kier molecular flexibility index (Phi) is 18.1. The van der Waals surface area contributed by atoms with Crippen molar-refractivity contribution in [3.63, 3.8) is 0 Å². The SMILES string of the molecule is C=C.C=C(NC)c1cc(C(/C=C\C)=C/C)cc(-c2ccccc2)c1.CC.CC(CCl)c1ccccc1. The molecule has 0 aromatic heterocycles. The van der Waals surface area contributed by atoms with Gasteiger partial charge in [0.15, 0.2) is 0 Å². The molecule has 1 atom stereocenters. The molecule has 0 saturated carbocycles. The van der Waals surface area contributed by atoms with Gasteiger partial charge in [0.25, 0.3) is 0 Å². The molecule has 0 aliphatic heterocycles. The van der Waals surface area contributed by atoms with E-state index in [0.29, 0.717) is 11.8 Å². The zero-order chi connectivity index (χ0) is 27.3. The largest absolute Gasteiger partial charge is 0.388 e. The minimum absolute atomic E-state index is 0.475. The minimum Gasteiger partial charge on any atom is -0.388 e. The molecule has 36 heavy (non-hydrogen) atoms. The molecule has 0 fully saturated rings. The Balaban J connectivity index is 0.000000730. The topological polar surface area (TPSA) is 12.0 Å². The Hall–Kier alpha value is -3.29. The van der Waals surface area contributed by atoms with Crippen LogP contribution in [0.3, 0.4) is 0 Å². The summed E-state index contributed by atoms with van der Waals surface area (Å²) < 4.78 is 0. The van der Waals surface area contributed by atoms with Gasteiger partial charge in [0.05, 0.1) is 0 Å². The van der Waals surface area contributed by atoms with Crippen molar-refractivity contribution in [2.24, 2.45) is 0 Å². The molecule has 1 N–H and O–H groups in total. The third-order valence-electron chi connectivity index (χ3n) is 5.28. The van der Waals surface area contributed by atoms with Gasteiger partial charge >= 0.3 is 0 Å². The number of rotatable bonds is 7. The maximum absolute atomic E-state index is 5.69. The van der Waals surface area contributed by atoms with Gasteiger partial charge in [-0.05, 0) is 71.4 Å². The molecule has 0 aliphatic carbocycles. The quantitative estimate of drug-likeness (QED) is 0.193. The molecule has 0 spiro atoms. The lowest BCUT2D eigenvalue weighted by Gasteiger charge is -2.13. The van der Waals surface area contributed by atoms with Crippen molar-refractivity contribution in [3.8, 4) is 11.1 Å². The van der Waals surface area contributed by atoms with Crippen LogP contribution in [0, 0.1) is 0 Å². The summed E-state index contributed by atoms with van der Waals surface area (Å²) in [5.41, 5.74) is 8.19. The molecule has 0 aliphatic rings. The Morgan fingerprint density at radius 2 is 1.39 bits per heavy atom. The summed E-state index contributed by atoms with van der Waals surface area (Å²) in [7, 11) is 1.90. The van der Waals surface area contributed by atoms with Crippen LogP contribution in [0.1, 0.15) is 57.2 Å². The summed E-state index contributed by atoms with van der Waals surface area (Å²) in [5, 5.41) is 3.14. The summed E-state index contributed by atoms with van der Waals surface area (Å²) in [6.07, 6.45) is 6.34. The summed E-state index contributed by atoms with van der Waals surface area (Å²) in [6.45, 7) is 20.3. The van der Waals surface area contributed by atoms with Gasteiger partial charge < -0.3 is 5.32 Å². The average Bonchev–Trinajstić information content (AvgIpc) is 2.98. The molecule has 0 heterocycles. The second kappa shape index (κ2) is 20.0. The molecular weight excluding hydrogens is 458 g/mol. The first-order valence-corrected chi connectivity index (χ1v) is 13.0. The first-order valence-electron chi connectivity index (χ1n) is 12.5. The van der Waals surface area contributed by atoms with E-state index in [1.54, 1.807) is 0 Å². The van der Waals surface area contributed by atoms with E-state index in [9.17, 15) is 0 Å². The van der Waals surface area contributed by atoms with E-state index in [-0.39, 0.29) is 0 Å². The van der Waals surface area contributed by atoms with Crippen LogP contribution in [-0.4, -0.2) is 12.9 Å². The number of hydrogen-bond donors (Lipinski definition) is 1. The Morgan fingerprint density at radius 3 is 1.86 bits per heavy atom. The van der Waals surface area contributed by atoms with Crippen LogP contribution < -0.4 is 5.32 Å². The fourth-order valence-corrected chi connectivity index (χ4v) is 3.50. The van der Waals surface area contributed by atoms with Crippen LogP contribution in [0.5, 0.6) is 0 Å². The average molecular weight is 502 g/mol. The third-order valence-corrected chi connectivity index (χ3v) is 5.74. The van der Waals surface area contributed by atoms with Crippen LogP contribution in [0.4, 0.5) is 0 Å². The molecule has 2 heteroatoms. The fraction of sp³-hybridized carbons (Fsp3) is 0.235. The number of hydrogen-bond acceptors (Lipinski definition) is 1. The van der Waals surface area contributed by atoms with Gasteiger partial charge in [0.2, 0.25) is 0 Å². The number of alkyl halides is 1. The van der Waals surface area contributed by atoms with Crippen molar-refractivity contribution in [2.75, 3.05) is 12.9 Å². The van der Waals surface area contributed by atoms with Gasteiger partial charge in [-0.3, -0.25) is 0 Å². The molecule has 0 saturated heterocycles. The molecule has 0 bridgehead atoms. The van der Waals surface area contributed by atoms with E-state index in [2.05, 4.69) is 112 Å². The first kappa shape index (κ1) is 32.7. The van der Waals surface area contributed by atoms with Gasteiger partial charge in [-0.25, -0.2) is 0 Å². The molecule has 3 aromatic rings. The standard InChI is InChI=1S/C21H23N.C9H11Cl.C2H6.C2H4/c1-5-10-17(6-2)20-13-19(16(3)22-4)14-21(15-20)18-11-8-7-9-12-18;1-8(7-10)9-5-3-2-4-6-9;2*1-2/h5-15,22H,3H2,1-2,4H3;2-6,8H,7H2,1H3;1-2H3;1-2H2/b10-5-,17-6+;;;. The molecule has 1 nitrogen and oxygen atoms in total. The number of nitrogens with one attached hydrogen (secondary N) is 1. The van der Waals surface area contributed by atoms with Crippen molar-refractivity contribution >= 4 is 22.9 Å². The minimum atomic E-state index is 0.475. The number of benzene rings is 3. The maximum atomic E-state index is 5.69. The van der Waals surface area contributed by atoms with E-state index in [0.717, 1.165) is 11.3 Å². The zero-order valence-electron chi connectivity index (χ0n) is 23.0. The lowest BCUT2D eigenvalue weighted by Crippen LogP contribution is -2.03. The lowest BCUT2D eigenvalue weighted by atomic mass is 9.95. The second-order valence-electron chi connectivity index (χ2n) is 7.60. The van der Waals surface area contributed by atoms with E-state index in [4.69, 9.17) is 11.6 Å². The predicted molar refractivity (Wildman–Crippen MR) is 167 cm³/mol. The van der Waals surface area contributed by atoms with Crippen molar-refractivity contribution in [1.29, 1.82) is 0 Å². The molecule has 3 rings (SSSR count). The second-order valence-corrected chi connectivity index (χ2v) is 7.91. The molecule has 0 radical (unpaired) electrons. The molecule has 192 valence electrons. The van der Waals surface area contributed by atoms with Crippen LogP contribution in [-0.2, 0) is 0 Å². The summed E-state index contributed by atoms with van der Waals surface area (Å²) in [6, 6.07) is 27.3. The number of halogens is 1. The predicted octanol–water partition coefficient (Wildman–Crippen LogP) is 10.4. The highest BCUT2D eigenvalue weighted by Crippen LogP contribution is 2.28. The van der Waals surface area contributed by atoms with Gasteiger partial charge in [-0.2, -0.15) is 0 Å². The fourth-order valence-electron chi connectivity index (χ4n) is 3.32. The summed E-state index contributed by atoms with van der Waals surface area (Å²) in [4.78, 5) is 0. The van der Waals surface area contributed by atoms with Crippen LogP contribution in [0.2, 0.25) is 0 Å². The normalized spacial score (nSPS) is 11.0. The van der Waals surface area contributed by atoms with Gasteiger partial charge in [0.1, 0.15) is 0 Å². The van der Waals surface area contributed by atoms with Crippen molar-refractivity contribution in [2.45, 2.75) is 40.5 Å². The highest BCUT2D eigenvalue weighted by Gasteiger charge is 2.07. The first-order chi connectivity index (χ1) is 17.5. The highest BCUT2D eigenvalue weighted by molar-refractivity contribution is 6.18. The Bertz CT molecular complexity index is 1050. The van der Waals surface area contributed by atoms with Crippen molar-refractivity contribution < 1.29 is 0 Å². The van der Waals surface area contributed by atoms with E-state index >= 15 is 0 Å². The van der Waals surface area contributed by atoms with Crippen LogP contribution >= 0.6 is 11.6 Å². The van der Waals surface area contributed by atoms with Crippen LogP contribution in [0.25, 0.3) is 22.4 Å². The van der Waals surface area contributed by atoms with E-state index < -0.39 is 0 Å². The lowest BCUT2D eigenvalue weighted by molar-refractivity contribution is 0.875. The maximum Gasteiger partial charge on any atom is 0.0338 e. The molecule has 0 amide bonds. The van der Waals surface area contributed by atoms with Gasteiger partial charge in [-0.1, -0.05) is 106 Å². The van der Waals surface area contributed by atoms with E-state index in [1.807, 2.05) is 52.1 Å². The Morgan fingerprint density at radius 1 is 0.861 bits per heavy atom. The molecule has 3 aromatic carbocycles. The van der Waals surface area contributed by atoms with Crippen LogP contribution in [0.15, 0.2) is 117 Å². The monoisotopic (exact) mass is 501 g/mol. The molecular formula is C34H44ClN. The van der Waals surface area contributed by atoms with Gasteiger partial charge in [-0.15, -0.1) is 24.8 Å². The highest BCUT2D eigenvalue weighted by atomic mass is 35.5. The Labute approximate surface area is 225 Å². The van der Waals surface area contributed by atoms with Crippen molar-refractivity contribution in [1.82, 2.24) is 5.32 Å².